The molecule has 1 atom stereocenters. The van der Waals surface area contributed by atoms with E-state index in [1.807, 2.05) is 36.4 Å². The molecule has 78 heavy (non-hydrogen) atoms. The standard InChI is InChI=1S/C37H48N2O10.C16H17N5O6S.CH4/c1-3-4-20-47-23-18-38-33(41)13-5-9-26-14-15-28-30(24-26)31(25-48-37(44)49-39-34(42)16-17-35(39)43)27-10-6-11-29(36(27)28)32(40)12-7-21-46-22-8-19-45-2;1-25-11-18-28(23,24)15-10-17-8-6-12(15)7-9-26-16(22)27-21-14-5-3-2-4-13(14)19-20-21;/h6,10-11,14-15,24,31H,3-5,7-9,12-13,16-23,25H2,1-2H3,(H,38,41);2-6,8,10,18H,7,9,11H2,1H3;1H4. The second-order valence-electron chi connectivity index (χ2n) is 17.6. The number of methoxy groups -OCH3 is 2. The number of amides is 3. The number of pyridine rings is 1. The molecule has 0 radical (unpaired) electrons. The van der Waals surface area contributed by atoms with E-state index in [2.05, 4.69) is 32.3 Å². The van der Waals surface area contributed by atoms with Crippen LogP contribution in [-0.2, 0) is 70.5 Å². The van der Waals surface area contributed by atoms with Gasteiger partial charge in [0.15, 0.2) is 5.78 Å². The molecule has 422 valence electrons. The average Bonchev–Trinajstić information content (AvgIpc) is 4.13. The minimum Gasteiger partial charge on any atom is -0.432 e. The predicted octanol–water partition coefficient (Wildman–Crippen LogP) is 6.44. The molecule has 0 bridgehead atoms. The van der Waals surface area contributed by atoms with E-state index in [0.29, 0.717) is 98.9 Å². The van der Waals surface area contributed by atoms with Gasteiger partial charge in [-0.05, 0) is 88.9 Å². The molecule has 23 nitrogen and oxygen atoms in total. The maximum Gasteiger partial charge on any atom is 0.535 e. The number of para-hydroxylation sites is 1. The molecule has 2 aliphatic rings. The lowest BCUT2D eigenvalue weighted by Gasteiger charge is -2.17. The van der Waals surface area contributed by atoms with Crippen molar-refractivity contribution in [2.75, 3.05) is 73.7 Å². The number of aromatic nitrogens is 4. The summed E-state index contributed by atoms with van der Waals surface area (Å²) in [7, 11) is -0.790. The number of carbonyl (C=O) groups is 6. The number of benzene rings is 3. The highest BCUT2D eigenvalue weighted by molar-refractivity contribution is 7.89. The van der Waals surface area contributed by atoms with Crippen LogP contribution in [0.25, 0.3) is 22.2 Å². The SMILES string of the molecule is C.CCCCOCCNC(=O)CCCc1ccc2c(c1)C(COC(=O)ON1C(=O)CCC1=O)c1cccc(C(=O)CCCOCCCOC)c1-2.COCNS(=O)(=O)c1cnccc1CCOC(=O)On1nnc2ccccc21. The van der Waals surface area contributed by atoms with Gasteiger partial charge in [-0.2, -0.15) is 4.72 Å². The largest absolute Gasteiger partial charge is 0.535 e. The van der Waals surface area contributed by atoms with E-state index in [0.717, 1.165) is 51.9 Å². The third-order valence-electron chi connectivity index (χ3n) is 12.1. The molecule has 5 aromatic rings. The van der Waals surface area contributed by atoms with E-state index in [4.69, 9.17) is 38.1 Å². The molecule has 2 aromatic heterocycles. The zero-order valence-electron chi connectivity index (χ0n) is 43.4. The number of aryl methyl sites for hydroxylation is 1. The fourth-order valence-electron chi connectivity index (χ4n) is 8.29. The third-order valence-corrected chi connectivity index (χ3v) is 13.6. The van der Waals surface area contributed by atoms with Crippen molar-refractivity contribution in [2.24, 2.45) is 0 Å². The zero-order chi connectivity index (χ0) is 55.0. The molecule has 2 N–H and O–H groups in total. The Morgan fingerprint density at radius 2 is 1.51 bits per heavy atom. The molecule has 1 fully saturated rings. The van der Waals surface area contributed by atoms with Crippen molar-refractivity contribution in [3.05, 3.63) is 107 Å². The van der Waals surface area contributed by atoms with Crippen LogP contribution in [0, 0.1) is 0 Å². The Kier molecular flexibility index (Phi) is 25.2. The lowest BCUT2D eigenvalue weighted by molar-refractivity contribution is -0.177. The Morgan fingerprint density at radius 1 is 0.756 bits per heavy atom. The Morgan fingerprint density at radius 3 is 2.29 bits per heavy atom. The average molecular weight is 1100 g/mol. The van der Waals surface area contributed by atoms with Gasteiger partial charge in [-0.1, -0.05) is 79.2 Å². The van der Waals surface area contributed by atoms with Gasteiger partial charge in [0.2, 0.25) is 15.9 Å². The topological polar surface area (TPSA) is 281 Å². The fraction of sp³-hybridized carbons (Fsp3) is 0.463. The number of ether oxygens (including phenoxy) is 6. The molecular formula is C54H69N7O16S. The molecule has 1 aliphatic carbocycles. The quantitative estimate of drug-likeness (QED) is 0.0125. The van der Waals surface area contributed by atoms with Crippen LogP contribution in [0.1, 0.15) is 111 Å². The summed E-state index contributed by atoms with van der Waals surface area (Å²) in [6.07, 6.45) is 6.00. The van der Waals surface area contributed by atoms with Crippen molar-refractivity contribution in [2.45, 2.75) is 95.8 Å². The van der Waals surface area contributed by atoms with Crippen LogP contribution in [0.4, 0.5) is 9.59 Å². The van der Waals surface area contributed by atoms with Crippen molar-refractivity contribution in [1.82, 2.24) is 35.2 Å². The van der Waals surface area contributed by atoms with Crippen molar-refractivity contribution in [3.63, 3.8) is 0 Å². The van der Waals surface area contributed by atoms with E-state index >= 15 is 0 Å². The van der Waals surface area contributed by atoms with Crippen LogP contribution in [-0.4, -0.2) is 143 Å². The molecule has 1 unspecified atom stereocenters. The Balaban J connectivity index is 0.000000327. The van der Waals surface area contributed by atoms with E-state index in [1.165, 1.54) is 25.6 Å². The number of ketones is 1. The molecule has 3 aromatic carbocycles. The summed E-state index contributed by atoms with van der Waals surface area (Å²) in [4.78, 5) is 88.8. The van der Waals surface area contributed by atoms with Crippen LogP contribution >= 0.6 is 0 Å². The van der Waals surface area contributed by atoms with E-state index in [-0.39, 0.29) is 63.2 Å². The van der Waals surface area contributed by atoms with E-state index in [9.17, 15) is 37.2 Å². The molecule has 1 aliphatic heterocycles. The van der Waals surface area contributed by atoms with Crippen molar-refractivity contribution in [3.8, 4) is 11.1 Å². The molecule has 24 heteroatoms. The number of imide groups is 1. The zero-order valence-corrected chi connectivity index (χ0v) is 44.2. The van der Waals surface area contributed by atoms with Gasteiger partial charge in [0.1, 0.15) is 29.3 Å². The maximum atomic E-state index is 13.5. The molecule has 0 saturated carbocycles. The highest BCUT2D eigenvalue weighted by Gasteiger charge is 2.36. The number of carbonyl (C=O) groups excluding carboxylic acids is 6. The number of hydrogen-bond acceptors (Lipinski definition) is 19. The van der Waals surface area contributed by atoms with Crippen LogP contribution < -0.4 is 14.9 Å². The maximum absolute atomic E-state index is 13.5. The summed E-state index contributed by atoms with van der Waals surface area (Å²) >= 11 is 0. The van der Waals surface area contributed by atoms with Crippen molar-refractivity contribution in [1.29, 1.82) is 0 Å². The second kappa shape index (κ2) is 31.9. The van der Waals surface area contributed by atoms with Crippen molar-refractivity contribution < 1.29 is 75.3 Å². The fourth-order valence-corrected chi connectivity index (χ4v) is 9.43. The molecule has 7 rings (SSSR count). The van der Waals surface area contributed by atoms with Gasteiger partial charge < -0.3 is 33.7 Å². The van der Waals surface area contributed by atoms with Crippen LogP contribution in [0.5, 0.6) is 0 Å². The van der Waals surface area contributed by atoms with Gasteiger partial charge >= 0.3 is 12.3 Å². The number of sulfonamides is 1. The number of rotatable bonds is 30. The van der Waals surface area contributed by atoms with E-state index in [1.54, 1.807) is 31.4 Å². The number of fused-ring (bicyclic) bond motifs is 4. The smallest absolute Gasteiger partial charge is 0.432 e. The summed E-state index contributed by atoms with van der Waals surface area (Å²) < 4.78 is 58.2. The lowest BCUT2D eigenvalue weighted by Crippen LogP contribution is -2.32. The number of hydrogen-bond donors (Lipinski definition) is 2. The Hall–Kier alpha value is -7.22. The number of Topliss-reactive ketones (excluding diaryl/α,β-unsaturated/α-hetero) is 1. The summed E-state index contributed by atoms with van der Waals surface area (Å²) in [5.74, 6) is -1.66. The molecular weight excluding hydrogens is 1030 g/mol. The Labute approximate surface area is 453 Å². The third kappa shape index (κ3) is 17.9. The highest BCUT2D eigenvalue weighted by Crippen LogP contribution is 2.47. The molecule has 1 saturated heterocycles. The minimum absolute atomic E-state index is 0. The number of hydroxylamine groups is 2. The predicted molar refractivity (Wildman–Crippen MR) is 282 cm³/mol. The van der Waals surface area contributed by atoms with Crippen LogP contribution in [0.3, 0.4) is 0 Å². The lowest BCUT2D eigenvalue weighted by atomic mass is 9.93. The minimum atomic E-state index is -3.80. The first-order valence-electron chi connectivity index (χ1n) is 25.3. The monoisotopic (exact) mass is 1100 g/mol. The molecule has 0 spiro atoms. The van der Waals surface area contributed by atoms with Crippen LogP contribution in [0.2, 0.25) is 0 Å². The van der Waals surface area contributed by atoms with Crippen molar-refractivity contribution >= 4 is 56.9 Å². The summed E-state index contributed by atoms with van der Waals surface area (Å²) in [5, 5.41) is 10.9. The first-order valence-corrected chi connectivity index (χ1v) is 26.8. The molecule has 3 amide bonds. The normalized spacial score (nSPS) is 13.5. The van der Waals surface area contributed by atoms with Gasteiger partial charge in [0, 0.05) is 103 Å². The summed E-state index contributed by atoms with van der Waals surface area (Å²) in [6, 6.07) is 20.0. The second-order valence-corrected chi connectivity index (χ2v) is 19.3. The van der Waals surface area contributed by atoms with Gasteiger partial charge in [0.25, 0.3) is 11.8 Å². The van der Waals surface area contributed by atoms with Gasteiger partial charge in [-0.3, -0.25) is 33.8 Å². The van der Waals surface area contributed by atoms with Gasteiger partial charge in [-0.15, -0.1) is 5.10 Å². The van der Waals surface area contributed by atoms with Gasteiger partial charge in [0.05, 0.1) is 13.2 Å². The Bertz CT molecular complexity index is 2900. The number of nitrogens with zero attached hydrogens (tertiary/aromatic N) is 5. The molecule has 3 heterocycles. The first kappa shape index (κ1) is 61.6. The highest BCUT2D eigenvalue weighted by atomic mass is 32.2. The van der Waals surface area contributed by atoms with Crippen LogP contribution in [0.15, 0.2) is 84.0 Å². The van der Waals surface area contributed by atoms with E-state index < -0.39 is 40.1 Å². The van der Waals surface area contributed by atoms with Gasteiger partial charge in [-0.25, -0.2) is 18.0 Å². The number of unbranched alkanes of at least 4 members (excludes halogenated alkanes) is 1. The number of nitrogens with one attached hydrogen (secondary N) is 2. The summed E-state index contributed by atoms with van der Waals surface area (Å²) in [5.41, 5.74) is 6.45. The summed E-state index contributed by atoms with van der Waals surface area (Å²) in [6.45, 7) is 5.01. The first-order chi connectivity index (χ1) is 37.3.